The first kappa shape index (κ1) is 28.4. The van der Waals surface area contributed by atoms with Crippen LogP contribution >= 0.6 is 0 Å². The summed E-state index contributed by atoms with van der Waals surface area (Å²) in [7, 11) is -0.862. The minimum absolute atomic E-state index is 0.0279. The summed E-state index contributed by atoms with van der Waals surface area (Å²) in [6.07, 6.45) is 2.83. The first-order chi connectivity index (χ1) is 19.2. The van der Waals surface area contributed by atoms with Gasteiger partial charge in [0.25, 0.3) is 0 Å². The number of aliphatic imine (C=N–C) groups is 1. The van der Waals surface area contributed by atoms with Crippen LogP contribution in [0.1, 0.15) is 24.5 Å². The molecule has 0 bridgehead atoms. The minimum atomic E-state index is -2.53. The number of nitrogens with zero attached hydrogens (tertiary/aromatic N) is 1. The van der Waals surface area contributed by atoms with Crippen molar-refractivity contribution in [3.8, 4) is 0 Å². The topological polar surface area (TPSA) is 30.8 Å². The molecule has 0 N–H and O–H groups in total. The van der Waals surface area contributed by atoms with Crippen LogP contribution in [0, 0.1) is 5.92 Å². The minimum Gasteiger partial charge on any atom is -0.359 e. The van der Waals surface area contributed by atoms with E-state index < -0.39 is 8.07 Å². The van der Waals surface area contributed by atoms with Crippen molar-refractivity contribution in [3.63, 3.8) is 0 Å². The highest BCUT2D eigenvalue weighted by Crippen LogP contribution is 2.28. The van der Waals surface area contributed by atoms with E-state index in [-0.39, 0.29) is 5.67 Å². The van der Waals surface area contributed by atoms with Gasteiger partial charge in [-0.25, -0.2) is 0 Å². The first-order valence-electron chi connectivity index (χ1n) is 13.7. The van der Waals surface area contributed by atoms with Crippen LogP contribution in [-0.2, 0) is 9.47 Å². The van der Waals surface area contributed by atoms with E-state index in [9.17, 15) is 0 Å². The summed E-state index contributed by atoms with van der Waals surface area (Å²) in [5.74, 6) is 0.312. The molecule has 0 aliphatic heterocycles. The van der Waals surface area contributed by atoms with E-state index in [1.54, 1.807) is 7.11 Å². The Hall–Kier alpha value is -3.57. The fourth-order valence-corrected chi connectivity index (χ4v) is 11.1. The van der Waals surface area contributed by atoms with Crippen molar-refractivity contribution in [1.82, 2.24) is 0 Å². The van der Waals surface area contributed by atoms with Gasteiger partial charge in [0, 0.05) is 18.2 Å². The van der Waals surface area contributed by atoms with E-state index in [0.29, 0.717) is 19.3 Å². The van der Waals surface area contributed by atoms with E-state index in [1.165, 1.54) is 10.4 Å². The van der Waals surface area contributed by atoms with E-state index in [2.05, 4.69) is 135 Å². The molecule has 0 aromatic heterocycles. The summed E-state index contributed by atoms with van der Waals surface area (Å²) in [5, 5.41) is 2.76. The third-order valence-corrected chi connectivity index (χ3v) is 12.8. The average molecular weight is 534 g/mol. The van der Waals surface area contributed by atoms with E-state index in [4.69, 9.17) is 14.5 Å². The fourth-order valence-electron chi connectivity index (χ4n) is 5.52. The molecule has 39 heavy (non-hydrogen) atoms. The molecule has 0 heterocycles. The highest BCUT2D eigenvalue weighted by Gasteiger charge is 2.45. The highest BCUT2D eigenvalue weighted by atomic mass is 28.3. The lowest BCUT2D eigenvalue weighted by Crippen LogP contribution is -2.67. The Balaban J connectivity index is 1.96. The van der Waals surface area contributed by atoms with Crippen molar-refractivity contribution in [2.45, 2.75) is 25.1 Å². The molecule has 4 rings (SSSR count). The maximum Gasteiger partial charge on any atom is 0.146 e. The van der Waals surface area contributed by atoms with Crippen LogP contribution in [0.25, 0.3) is 0 Å². The molecule has 0 fully saturated rings. The molecule has 0 radical (unpaired) electrons. The van der Waals surface area contributed by atoms with Crippen molar-refractivity contribution in [2.75, 3.05) is 20.5 Å². The maximum atomic E-state index is 5.87. The van der Waals surface area contributed by atoms with Crippen molar-refractivity contribution in [1.29, 1.82) is 0 Å². The Bertz CT molecular complexity index is 1210. The van der Waals surface area contributed by atoms with E-state index in [1.807, 2.05) is 6.08 Å². The standard InChI is InChI=1S/C35H39NO2Si/c1-4-17-34(36-35(30-18-9-5-10-19-30)31-20-11-6-12-21-31)39(32-22-13-7-14-23-32,33-24-15-8-16-25-33)27-29(2)26-38-28-37-3/h4-16,18-25,29,34H,1,17,26-28H2,2-3H3/t29-,34?/m0/s1. The third-order valence-electron chi connectivity index (χ3n) is 7.19. The number of rotatable bonds is 14. The van der Waals surface area contributed by atoms with Gasteiger partial charge in [0.15, 0.2) is 0 Å². The zero-order chi connectivity index (χ0) is 27.3. The predicted molar refractivity (Wildman–Crippen MR) is 167 cm³/mol. The van der Waals surface area contributed by atoms with Gasteiger partial charge < -0.3 is 9.47 Å². The Morgan fingerprint density at radius 2 is 1.23 bits per heavy atom. The second-order valence-corrected chi connectivity index (χ2v) is 14.2. The van der Waals surface area contributed by atoms with Gasteiger partial charge in [-0.3, -0.25) is 4.99 Å². The molecule has 4 heteroatoms. The Labute approximate surface area is 234 Å². The number of benzene rings is 4. The van der Waals surface area contributed by atoms with Crippen LogP contribution in [0.3, 0.4) is 0 Å². The van der Waals surface area contributed by atoms with Gasteiger partial charge in [-0.05, 0) is 18.4 Å². The molecular weight excluding hydrogens is 494 g/mol. The van der Waals surface area contributed by atoms with E-state index in [0.717, 1.165) is 29.3 Å². The Kier molecular flexibility index (Phi) is 10.6. The second-order valence-electron chi connectivity index (χ2n) is 10.0. The first-order valence-corrected chi connectivity index (χ1v) is 15.9. The van der Waals surface area contributed by atoms with Gasteiger partial charge in [0.1, 0.15) is 14.9 Å². The van der Waals surface area contributed by atoms with Crippen LogP contribution in [0.4, 0.5) is 0 Å². The third kappa shape index (κ3) is 7.10. The number of hydrogen-bond acceptors (Lipinski definition) is 3. The molecule has 3 nitrogen and oxygen atoms in total. The van der Waals surface area contributed by atoms with E-state index >= 15 is 0 Å². The van der Waals surface area contributed by atoms with Crippen LogP contribution in [0.5, 0.6) is 0 Å². The molecule has 0 aliphatic carbocycles. The lowest BCUT2D eigenvalue weighted by molar-refractivity contribution is -0.0397. The molecule has 1 unspecified atom stereocenters. The molecule has 0 amide bonds. The highest BCUT2D eigenvalue weighted by molar-refractivity contribution is 7.03. The molecule has 0 spiro atoms. The van der Waals surface area contributed by atoms with Crippen molar-refractivity contribution >= 4 is 24.2 Å². The lowest BCUT2D eigenvalue weighted by Gasteiger charge is -2.40. The number of methoxy groups -OCH3 is 1. The molecule has 200 valence electrons. The zero-order valence-electron chi connectivity index (χ0n) is 23.1. The molecule has 2 atom stereocenters. The predicted octanol–water partition coefficient (Wildman–Crippen LogP) is 6.53. The summed E-state index contributed by atoms with van der Waals surface area (Å²) < 4.78 is 11.0. The van der Waals surface area contributed by atoms with Crippen LogP contribution in [0.15, 0.2) is 139 Å². The van der Waals surface area contributed by atoms with Gasteiger partial charge in [-0.1, -0.05) is 145 Å². The van der Waals surface area contributed by atoms with Gasteiger partial charge >= 0.3 is 0 Å². The lowest BCUT2D eigenvalue weighted by atomic mass is 10.0. The van der Waals surface area contributed by atoms with Gasteiger partial charge in [0.2, 0.25) is 0 Å². The van der Waals surface area contributed by atoms with Gasteiger partial charge in [0.05, 0.1) is 18.0 Å². The summed E-state index contributed by atoms with van der Waals surface area (Å²) in [4.78, 5) is 5.72. The summed E-state index contributed by atoms with van der Waals surface area (Å²) in [6.45, 7) is 7.43. The number of hydrogen-bond donors (Lipinski definition) is 0. The largest absolute Gasteiger partial charge is 0.359 e. The van der Waals surface area contributed by atoms with Crippen LogP contribution < -0.4 is 10.4 Å². The second kappa shape index (κ2) is 14.5. The molecule has 0 saturated heterocycles. The zero-order valence-corrected chi connectivity index (χ0v) is 24.1. The monoisotopic (exact) mass is 533 g/mol. The van der Waals surface area contributed by atoms with Gasteiger partial charge in [-0.15, -0.1) is 6.58 Å². The van der Waals surface area contributed by atoms with Crippen molar-refractivity contribution in [3.05, 3.63) is 145 Å². The number of ether oxygens (including phenoxy) is 2. The molecule has 0 saturated carbocycles. The smallest absolute Gasteiger partial charge is 0.146 e. The molecule has 0 aliphatic rings. The Morgan fingerprint density at radius 3 is 1.67 bits per heavy atom. The molecule has 4 aromatic rings. The van der Waals surface area contributed by atoms with Gasteiger partial charge in [-0.2, -0.15) is 0 Å². The average Bonchev–Trinajstić information content (AvgIpc) is 3.00. The van der Waals surface area contributed by atoms with Crippen LogP contribution in [0.2, 0.25) is 6.04 Å². The normalized spacial score (nSPS) is 12.9. The SMILES string of the molecule is C=CCC(N=C(c1ccccc1)c1ccccc1)[Si](C[C@@H](C)COCOC)(c1ccccc1)c1ccccc1. The maximum absolute atomic E-state index is 5.87. The fraction of sp³-hybridized carbons (Fsp3) is 0.229. The molecule has 4 aromatic carbocycles. The van der Waals surface area contributed by atoms with Crippen molar-refractivity contribution < 1.29 is 9.47 Å². The Morgan fingerprint density at radius 1 is 0.769 bits per heavy atom. The summed E-state index contributed by atoms with van der Waals surface area (Å²) >= 11 is 0. The quantitative estimate of drug-likeness (QED) is 0.0607. The van der Waals surface area contributed by atoms with Crippen LogP contribution in [-0.4, -0.2) is 40.0 Å². The summed E-state index contributed by atoms with van der Waals surface area (Å²) in [6, 6.07) is 44.2. The summed E-state index contributed by atoms with van der Waals surface area (Å²) in [5.41, 5.74) is 3.30. The van der Waals surface area contributed by atoms with Crippen molar-refractivity contribution in [2.24, 2.45) is 10.9 Å². The molecular formula is C35H39NO2Si.